The summed E-state index contributed by atoms with van der Waals surface area (Å²) < 4.78 is 32.6. The monoisotopic (exact) mass is 452 g/mol. The molecule has 0 saturated carbocycles. The lowest BCUT2D eigenvalue weighted by Gasteiger charge is -2.35. The highest BCUT2D eigenvalue weighted by atomic mass is 32.2. The number of piperidine rings is 1. The maximum Gasteiger partial charge on any atom is 0.310 e. The predicted octanol–water partition coefficient (Wildman–Crippen LogP) is 4.41. The number of hydrogen-bond acceptors (Lipinski definition) is 6. The van der Waals surface area contributed by atoms with E-state index in [4.69, 9.17) is 4.74 Å². The second-order valence-electron chi connectivity index (χ2n) is 8.03. The van der Waals surface area contributed by atoms with Crippen molar-refractivity contribution < 1.29 is 17.9 Å². The molecular weight excluding hydrogens is 424 g/mol. The predicted molar refractivity (Wildman–Crippen MR) is 125 cm³/mol. The fraction of sp³-hybridized carbons (Fsp3) is 0.360. The molecule has 1 aromatic heterocycles. The number of esters is 1. The van der Waals surface area contributed by atoms with Crippen molar-refractivity contribution in [3.63, 3.8) is 0 Å². The first-order chi connectivity index (χ1) is 15.5. The minimum atomic E-state index is -3.80. The summed E-state index contributed by atoms with van der Waals surface area (Å²) in [6, 6.07) is 14.4. The highest BCUT2D eigenvalue weighted by molar-refractivity contribution is 7.91. The average Bonchev–Trinajstić information content (AvgIpc) is 2.83. The van der Waals surface area contributed by atoms with E-state index >= 15 is 0 Å². The number of rotatable bonds is 6. The van der Waals surface area contributed by atoms with Crippen LogP contribution in [0.1, 0.15) is 32.3 Å². The van der Waals surface area contributed by atoms with Gasteiger partial charge in [0, 0.05) is 24.7 Å². The van der Waals surface area contributed by atoms with Crippen LogP contribution in [0.25, 0.3) is 10.9 Å². The molecule has 0 spiro atoms. The van der Waals surface area contributed by atoms with Gasteiger partial charge in [-0.2, -0.15) is 0 Å². The summed E-state index contributed by atoms with van der Waals surface area (Å²) in [5, 5.41) is 0.797. The van der Waals surface area contributed by atoms with Gasteiger partial charge >= 0.3 is 5.97 Å². The first-order valence-electron chi connectivity index (χ1n) is 11.1. The number of fused-ring (bicyclic) bond motifs is 1. The van der Waals surface area contributed by atoms with Crippen LogP contribution in [0.2, 0.25) is 0 Å². The van der Waals surface area contributed by atoms with E-state index in [1.54, 1.807) is 37.3 Å². The van der Waals surface area contributed by atoms with Gasteiger partial charge < -0.3 is 9.64 Å². The standard InChI is InChI=1S/C25H28N2O4S/c1-3-18-12-13-22-21(15-18)24(27-14-8-9-19(17-27)25(28)31-4-2)23(16-26-22)32(29,30)20-10-6-5-7-11-20/h5-7,10-13,15-16,19H,3-4,8-9,14,17H2,1-2H3/t19-/m1/s1. The lowest BCUT2D eigenvalue weighted by atomic mass is 9.97. The van der Waals surface area contributed by atoms with Gasteiger partial charge in [-0.25, -0.2) is 8.42 Å². The van der Waals surface area contributed by atoms with Crippen molar-refractivity contribution >= 4 is 32.4 Å². The molecule has 2 heterocycles. The summed E-state index contributed by atoms with van der Waals surface area (Å²) >= 11 is 0. The Bertz CT molecular complexity index is 1230. The quantitative estimate of drug-likeness (QED) is 0.516. The summed E-state index contributed by atoms with van der Waals surface area (Å²) in [5.74, 6) is -0.508. The van der Waals surface area contributed by atoms with Crippen molar-refractivity contribution in [2.24, 2.45) is 5.92 Å². The van der Waals surface area contributed by atoms with Crippen molar-refractivity contribution in [2.45, 2.75) is 42.9 Å². The molecule has 3 aromatic rings. The number of sulfone groups is 1. The van der Waals surface area contributed by atoms with E-state index < -0.39 is 9.84 Å². The summed E-state index contributed by atoms with van der Waals surface area (Å²) in [6.45, 7) is 5.29. The fourth-order valence-corrected chi connectivity index (χ4v) is 5.76. The topological polar surface area (TPSA) is 76.6 Å². The van der Waals surface area contributed by atoms with E-state index in [2.05, 4.69) is 11.9 Å². The number of hydrogen-bond donors (Lipinski definition) is 0. The van der Waals surface area contributed by atoms with Gasteiger partial charge in [0.25, 0.3) is 0 Å². The van der Waals surface area contributed by atoms with Crippen molar-refractivity contribution in [2.75, 3.05) is 24.6 Å². The van der Waals surface area contributed by atoms with E-state index in [1.165, 1.54) is 6.20 Å². The minimum Gasteiger partial charge on any atom is -0.466 e. The SMILES string of the molecule is CCOC(=O)[C@@H]1CCCN(c2c(S(=O)(=O)c3ccccc3)cnc3ccc(CC)cc23)C1. The molecule has 0 unspecified atom stereocenters. The number of ether oxygens (including phenoxy) is 1. The normalized spacial score (nSPS) is 16.8. The molecule has 1 atom stereocenters. The van der Waals surface area contributed by atoms with Crippen molar-refractivity contribution in [3.8, 4) is 0 Å². The molecule has 168 valence electrons. The maximum atomic E-state index is 13.7. The van der Waals surface area contributed by atoms with Gasteiger partial charge in [-0.15, -0.1) is 0 Å². The van der Waals surface area contributed by atoms with Crippen LogP contribution in [0, 0.1) is 5.92 Å². The number of aryl methyl sites for hydroxylation is 1. The Kier molecular flexibility index (Phi) is 6.46. The maximum absolute atomic E-state index is 13.7. The van der Waals surface area contributed by atoms with E-state index in [0.717, 1.165) is 35.7 Å². The molecule has 1 aliphatic heterocycles. The van der Waals surface area contributed by atoms with E-state index in [-0.39, 0.29) is 21.7 Å². The van der Waals surface area contributed by atoms with Gasteiger partial charge in [-0.3, -0.25) is 9.78 Å². The number of nitrogens with zero attached hydrogens (tertiary/aromatic N) is 2. The van der Waals surface area contributed by atoms with Gasteiger partial charge in [0.2, 0.25) is 9.84 Å². The summed E-state index contributed by atoms with van der Waals surface area (Å²) in [6.07, 6.45) is 3.81. The second-order valence-corrected chi connectivity index (χ2v) is 9.95. The Hall–Kier alpha value is -2.93. The number of benzene rings is 2. The lowest BCUT2D eigenvalue weighted by molar-refractivity contribution is -0.148. The molecule has 1 fully saturated rings. The fourth-order valence-electron chi connectivity index (χ4n) is 4.31. The zero-order chi connectivity index (χ0) is 22.7. The van der Waals surface area contributed by atoms with Crippen molar-refractivity contribution in [1.29, 1.82) is 0 Å². The Morgan fingerprint density at radius 3 is 2.66 bits per heavy atom. The van der Waals surface area contributed by atoms with Gasteiger partial charge in [-0.05, 0) is 56.0 Å². The van der Waals surface area contributed by atoms with Gasteiger partial charge in [0.15, 0.2) is 0 Å². The molecule has 0 bridgehead atoms. The first kappa shape index (κ1) is 22.3. The number of carbonyl (C=O) groups is 1. The lowest BCUT2D eigenvalue weighted by Crippen LogP contribution is -2.40. The molecule has 1 saturated heterocycles. The molecule has 0 aliphatic carbocycles. The highest BCUT2D eigenvalue weighted by Gasteiger charge is 2.32. The molecule has 1 aliphatic rings. The second kappa shape index (κ2) is 9.28. The molecule has 2 aromatic carbocycles. The number of pyridine rings is 1. The van der Waals surface area contributed by atoms with Crippen molar-refractivity contribution in [3.05, 3.63) is 60.3 Å². The van der Waals surface area contributed by atoms with Gasteiger partial charge in [0.05, 0.1) is 28.6 Å². The number of aromatic nitrogens is 1. The van der Waals surface area contributed by atoms with Gasteiger partial charge in [-0.1, -0.05) is 31.2 Å². The average molecular weight is 453 g/mol. The molecular formula is C25H28N2O4S. The largest absolute Gasteiger partial charge is 0.466 e. The van der Waals surface area contributed by atoms with Gasteiger partial charge in [0.1, 0.15) is 4.90 Å². The van der Waals surface area contributed by atoms with Crippen LogP contribution in [0.15, 0.2) is 64.5 Å². The summed E-state index contributed by atoms with van der Waals surface area (Å²) in [5.41, 5.74) is 2.47. The highest BCUT2D eigenvalue weighted by Crippen LogP contribution is 2.38. The van der Waals surface area contributed by atoms with Crippen LogP contribution in [-0.2, 0) is 25.8 Å². The Balaban J connectivity index is 1.90. The number of carbonyl (C=O) groups excluding carboxylic acids is 1. The summed E-state index contributed by atoms with van der Waals surface area (Å²) in [7, 11) is -3.80. The minimum absolute atomic E-state index is 0.175. The third kappa shape index (κ3) is 4.21. The number of anilines is 1. The first-order valence-corrected chi connectivity index (χ1v) is 12.6. The molecule has 0 radical (unpaired) electrons. The van der Waals surface area contributed by atoms with Crippen LogP contribution >= 0.6 is 0 Å². The Morgan fingerprint density at radius 2 is 1.94 bits per heavy atom. The van der Waals surface area contributed by atoms with Crippen LogP contribution in [0.3, 0.4) is 0 Å². The van der Waals surface area contributed by atoms with Crippen LogP contribution in [-0.4, -0.2) is 39.1 Å². The summed E-state index contributed by atoms with van der Waals surface area (Å²) in [4.78, 5) is 19.4. The third-order valence-electron chi connectivity index (χ3n) is 5.98. The van der Waals surface area contributed by atoms with Crippen molar-refractivity contribution in [1.82, 2.24) is 4.98 Å². The molecule has 4 rings (SSSR count). The Morgan fingerprint density at radius 1 is 1.16 bits per heavy atom. The molecule has 6 nitrogen and oxygen atoms in total. The van der Waals surface area contributed by atoms with E-state index in [0.29, 0.717) is 25.4 Å². The molecule has 0 amide bonds. The Labute approximate surface area is 189 Å². The smallest absolute Gasteiger partial charge is 0.310 e. The molecule has 0 N–H and O–H groups in total. The molecule has 7 heteroatoms. The molecule has 32 heavy (non-hydrogen) atoms. The van der Waals surface area contributed by atoms with E-state index in [9.17, 15) is 13.2 Å². The third-order valence-corrected chi connectivity index (χ3v) is 7.75. The zero-order valence-electron chi connectivity index (χ0n) is 18.5. The van der Waals surface area contributed by atoms with Crippen LogP contribution in [0.5, 0.6) is 0 Å². The van der Waals surface area contributed by atoms with Crippen LogP contribution < -0.4 is 4.90 Å². The van der Waals surface area contributed by atoms with E-state index in [1.807, 2.05) is 23.1 Å². The zero-order valence-corrected chi connectivity index (χ0v) is 19.3. The van der Waals surface area contributed by atoms with Crippen LogP contribution in [0.4, 0.5) is 5.69 Å².